The fraction of sp³-hybridized carbons (Fsp3) is 0.556. The van der Waals surface area contributed by atoms with Crippen molar-refractivity contribution in [2.75, 3.05) is 0 Å². The zero-order chi connectivity index (χ0) is 6.69. The highest BCUT2D eigenvalue weighted by atomic mass is 14.1. The molecule has 1 rings (SSSR count). The Balaban J connectivity index is 2.66. The van der Waals surface area contributed by atoms with Gasteiger partial charge >= 0.3 is 0 Å². The van der Waals surface area contributed by atoms with Gasteiger partial charge in [-0.25, -0.2) is 0 Å². The van der Waals surface area contributed by atoms with Crippen molar-refractivity contribution in [1.82, 2.24) is 0 Å². The topological polar surface area (TPSA) is 0 Å². The Hall–Kier alpha value is -0.520. The van der Waals surface area contributed by atoms with Crippen LogP contribution in [0.2, 0.25) is 0 Å². The van der Waals surface area contributed by atoms with Crippen molar-refractivity contribution in [1.29, 1.82) is 0 Å². The Morgan fingerprint density at radius 3 is 3.00 bits per heavy atom. The largest absolute Gasteiger partial charge is 0.0876 e. The second-order valence-corrected chi connectivity index (χ2v) is 2.74. The molecule has 0 N–H and O–H groups in total. The predicted molar refractivity (Wildman–Crippen MR) is 41.3 cm³/mol. The fourth-order valence-corrected chi connectivity index (χ4v) is 1.05. The average molecular weight is 122 g/mol. The van der Waals surface area contributed by atoms with Crippen molar-refractivity contribution >= 4 is 0 Å². The Kier molecular flexibility index (Phi) is 2.10. The Morgan fingerprint density at radius 1 is 1.44 bits per heavy atom. The van der Waals surface area contributed by atoms with Crippen molar-refractivity contribution in [3.8, 4) is 0 Å². The number of hydrogen-bond acceptors (Lipinski definition) is 0. The zero-order valence-corrected chi connectivity index (χ0v) is 6.22. The SMILES string of the molecule is CC1=CCCC=CC1C. The Bertz CT molecular complexity index is 140. The molecule has 1 aliphatic carbocycles. The van der Waals surface area contributed by atoms with E-state index < -0.39 is 0 Å². The molecule has 0 fully saturated rings. The summed E-state index contributed by atoms with van der Waals surface area (Å²) in [6.45, 7) is 4.45. The van der Waals surface area contributed by atoms with Crippen molar-refractivity contribution in [2.45, 2.75) is 26.7 Å². The maximum Gasteiger partial charge on any atom is -0.00544 e. The molecule has 1 atom stereocenters. The predicted octanol–water partition coefficient (Wildman–Crippen LogP) is 2.92. The highest BCUT2D eigenvalue weighted by molar-refractivity contribution is 5.12. The van der Waals surface area contributed by atoms with Gasteiger partial charge in [0.05, 0.1) is 0 Å². The molecule has 0 aromatic rings. The lowest BCUT2D eigenvalue weighted by Gasteiger charge is -2.02. The van der Waals surface area contributed by atoms with Crippen LogP contribution >= 0.6 is 0 Å². The first-order valence-corrected chi connectivity index (χ1v) is 3.64. The number of rotatable bonds is 0. The Morgan fingerprint density at radius 2 is 2.22 bits per heavy atom. The van der Waals surface area contributed by atoms with Crippen LogP contribution in [0.3, 0.4) is 0 Å². The summed E-state index contributed by atoms with van der Waals surface area (Å²) < 4.78 is 0. The minimum Gasteiger partial charge on any atom is -0.0876 e. The molecule has 0 aliphatic heterocycles. The monoisotopic (exact) mass is 122 g/mol. The first-order valence-electron chi connectivity index (χ1n) is 3.64. The molecule has 0 heterocycles. The van der Waals surface area contributed by atoms with Gasteiger partial charge in [0, 0.05) is 0 Å². The summed E-state index contributed by atoms with van der Waals surface area (Å²) in [5.74, 6) is 0.674. The summed E-state index contributed by atoms with van der Waals surface area (Å²) in [7, 11) is 0. The van der Waals surface area contributed by atoms with E-state index >= 15 is 0 Å². The van der Waals surface area contributed by atoms with Gasteiger partial charge in [0.15, 0.2) is 0 Å². The normalized spacial score (nSPS) is 27.3. The molecular formula is C9H14. The lowest BCUT2D eigenvalue weighted by atomic mass is 10.0. The minimum absolute atomic E-state index is 0.674. The van der Waals surface area contributed by atoms with Gasteiger partial charge < -0.3 is 0 Å². The summed E-state index contributed by atoms with van der Waals surface area (Å²) in [5.41, 5.74) is 1.52. The smallest absolute Gasteiger partial charge is 0.00544 e. The van der Waals surface area contributed by atoms with Gasteiger partial charge in [-0.2, -0.15) is 0 Å². The maximum absolute atomic E-state index is 2.34. The van der Waals surface area contributed by atoms with Gasteiger partial charge in [0.1, 0.15) is 0 Å². The third-order valence-corrected chi connectivity index (χ3v) is 1.94. The van der Waals surface area contributed by atoms with E-state index in [1.807, 2.05) is 0 Å². The fourth-order valence-electron chi connectivity index (χ4n) is 1.05. The van der Waals surface area contributed by atoms with Crippen LogP contribution in [0.25, 0.3) is 0 Å². The maximum atomic E-state index is 2.34. The van der Waals surface area contributed by atoms with Gasteiger partial charge in [0.2, 0.25) is 0 Å². The molecule has 0 amide bonds. The van der Waals surface area contributed by atoms with Gasteiger partial charge in [-0.05, 0) is 25.7 Å². The van der Waals surface area contributed by atoms with Crippen LogP contribution < -0.4 is 0 Å². The summed E-state index contributed by atoms with van der Waals surface area (Å²) in [4.78, 5) is 0. The first-order chi connectivity index (χ1) is 4.30. The van der Waals surface area contributed by atoms with Gasteiger partial charge in [-0.15, -0.1) is 0 Å². The molecule has 0 aromatic heterocycles. The van der Waals surface area contributed by atoms with Crippen LogP contribution in [0.15, 0.2) is 23.8 Å². The van der Waals surface area contributed by atoms with Gasteiger partial charge in [-0.1, -0.05) is 30.7 Å². The summed E-state index contributed by atoms with van der Waals surface area (Å²) in [5, 5.41) is 0. The third kappa shape index (κ3) is 1.70. The minimum atomic E-state index is 0.674. The molecule has 1 unspecified atom stereocenters. The van der Waals surface area contributed by atoms with Crippen molar-refractivity contribution in [3.05, 3.63) is 23.8 Å². The number of hydrogen-bond donors (Lipinski definition) is 0. The van der Waals surface area contributed by atoms with Crippen molar-refractivity contribution < 1.29 is 0 Å². The van der Waals surface area contributed by atoms with Crippen molar-refractivity contribution in [3.63, 3.8) is 0 Å². The molecule has 0 radical (unpaired) electrons. The van der Waals surface area contributed by atoms with Crippen LogP contribution in [0, 0.1) is 5.92 Å². The van der Waals surface area contributed by atoms with E-state index in [0.29, 0.717) is 5.92 Å². The average Bonchev–Trinajstić information content (AvgIpc) is 1.99. The third-order valence-electron chi connectivity index (χ3n) is 1.94. The molecule has 0 saturated heterocycles. The molecule has 0 nitrogen and oxygen atoms in total. The molecule has 50 valence electrons. The highest BCUT2D eigenvalue weighted by Gasteiger charge is 2.00. The number of allylic oxidation sites excluding steroid dienone is 4. The molecule has 1 aliphatic rings. The van der Waals surface area contributed by atoms with Gasteiger partial charge in [0.25, 0.3) is 0 Å². The van der Waals surface area contributed by atoms with E-state index in [0.717, 1.165) is 0 Å². The second kappa shape index (κ2) is 2.86. The van der Waals surface area contributed by atoms with Crippen LogP contribution in [0.4, 0.5) is 0 Å². The second-order valence-electron chi connectivity index (χ2n) is 2.74. The first kappa shape index (κ1) is 6.60. The highest BCUT2D eigenvalue weighted by Crippen LogP contribution is 2.16. The van der Waals surface area contributed by atoms with E-state index in [1.54, 1.807) is 0 Å². The zero-order valence-electron chi connectivity index (χ0n) is 6.22. The summed E-state index contributed by atoms with van der Waals surface area (Å²) >= 11 is 0. The summed E-state index contributed by atoms with van der Waals surface area (Å²) in [6, 6.07) is 0. The molecule has 0 heteroatoms. The molecule has 0 bridgehead atoms. The standard InChI is InChI=1S/C9H14/c1-8-6-4-3-5-7-9(8)2/h4,6-8H,3,5H2,1-2H3. The van der Waals surface area contributed by atoms with E-state index in [4.69, 9.17) is 0 Å². The quantitative estimate of drug-likeness (QED) is 0.433. The van der Waals surface area contributed by atoms with Crippen LogP contribution in [-0.2, 0) is 0 Å². The van der Waals surface area contributed by atoms with E-state index in [1.165, 1.54) is 18.4 Å². The molecule has 0 saturated carbocycles. The van der Waals surface area contributed by atoms with E-state index in [-0.39, 0.29) is 0 Å². The Labute approximate surface area is 57.3 Å². The lowest BCUT2D eigenvalue weighted by molar-refractivity contribution is 0.862. The molecule has 0 aromatic carbocycles. The lowest BCUT2D eigenvalue weighted by Crippen LogP contribution is -1.88. The molecular weight excluding hydrogens is 108 g/mol. The van der Waals surface area contributed by atoms with Crippen molar-refractivity contribution in [2.24, 2.45) is 5.92 Å². The van der Waals surface area contributed by atoms with Gasteiger partial charge in [-0.3, -0.25) is 0 Å². The molecule has 0 spiro atoms. The van der Waals surface area contributed by atoms with E-state index in [2.05, 4.69) is 32.1 Å². The van der Waals surface area contributed by atoms with Crippen LogP contribution in [-0.4, -0.2) is 0 Å². The summed E-state index contributed by atoms with van der Waals surface area (Å²) in [6.07, 6.45) is 9.36. The van der Waals surface area contributed by atoms with Crippen LogP contribution in [0.5, 0.6) is 0 Å². The van der Waals surface area contributed by atoms with E-state index in [9.17, 15) is 0 Å². The van der Waals surface area contributed by atoms with Crippen LogP contribution in [0.1, 0.15) is 26.7 Å². The molecule has 9 heavy (non-hydrogen) atoms.